The Morgan fingerprint density at radius 2 is 1.83 bits per heavy atom. The van der Waals surface area contributed by atoms with Crippen LogP contribution in [0.25, 0.3) is 0 Å². The Morgan fingerprint density at radius 3 is 2.50 bits per heavy atom. The lowest BCUT2D eigenvalue weighted by Gasteiger charge is -2.24. The van der Waals surface area contributed by atoms with E-state index in [1.807, 2.05) is 13.0 Å². The topological polar surface area (TPSA) is 81.9 Å². The van der Waals surface area contributed by atoms with Gasteiger partial charge in [0.2, 0.25) is 0 Å². The number of carbonyl (C=O) groups is 1. The van der Waals surface area contributed by atoms with Crippen LogP contribution in [0.15, 0.2) is 58.1 Å². The largest absolute Gasteiger partial charge is 0.459 e. The van der Waals surface area contributed by atoms with Gasteiger partial charge in [-0.15, -0.1) is 24.0 Å². The summed E-state index contributed by atoms with van der Waals surface area (Å²) in [5, 5.41) is 9.29. The maximum absolute atomic E-state index is 11.8. The number of carbonyl (C=O) groups excluding carboxylic acids is 1. The van der Waals surface area contributed by atoms with Gasteiger partial charge in [0, 0.05) is 38.8 Å². The SMILES string of the molecule is CCNC(=NCCC(C)N(C)Cc1ccccc1)NCCNC(=O)c1ccco1.I. The van der Waals surface area contributed by atoms with Crippen LogP contribution in [-0.4, -0.2) is 56.0 Å². The zero-order chi connectivity index (χ0) is 20.9. The van der Waals surface area contributed by atoms with Crippen LogP contribution in [0.5, 0.6) is 0 Å². The van der Waals surface area contributed by atoms with E-state index in [2.05, 4.69) is 64.1 Å². The highest BCUT2D eigenvalue weighted by Crippen LogP contribution is 2.08. The van der Waals surface area contributed by atoms with Crippen LogP contribution in [0.4, 0.5) is 0 Å². The molecule has 0 aliphatic carbocycles. The van der Waals surface area contributed by atoms with Crippen LogP contribution >= 0.6 is 24.0 Å². The number of halogens is 1. The normalized spacial score (nSPS) is 12.2. The van der Waals surface area contributed by atoms with Crippen LogP contribution in [0.2, 0.25) is 0 Å². The predicted molar refractivity (Wildman–Crippen MR) is 132 cm³/mol. The van der Waals surface area contributed by atoms with Gasteiger partial charge >= 0.3 is 0 Å². The lowest BCUT2D eigenvalue weighted by molar-refractivity contribution is 0.0926. The van der Waals surface area contributed by atoms with Crippen LogP contribution < -0.4 is 16.0 Å². The summed E-state index contributed by atoms with van der Waals surface area (Å²) in [5.41, 5.74) is 1.32. The standard InChI is InChI=1S/C22H33N5O2.HI/c1-4-23-22(26-15-14-24-21(28)20-11-8-16-29-20)25-13-12-18(2)27(3)17-19-9-6-5-7-10-19;/h5-11,16,18H,4,12-15,17H2,1-3H3,(H,24,28)(H2,23,25,26);1H. The molecule has 0 aliphatic rings. The molecule has 1 atom stereocenters. The third kappa shape index (κ3) is 9.62. The third-order valence-electron chi connectivity index (χ3n) is 4.64. The smallest absolute Gasteiger partial charge is 0.287 e. The van der Waals surface area contributed by atoms with Crippen molar-refractivity contribution in [2.45, 2.75) is 32.9 Å². The molecule has 1 unspecified atom stereocenters. The summed E-state index contributed by atoms with van der Waals surface area (Å²) in [6, 6.07) is 14.3. The number of amides is 1. The molecule has 7 nitrogen and oxygen atoms in total. The lowest BCUT2D eigenvalue weighted by Crippen LogP contribution is -2.41. The quantitative estimate of drug-likeness (QED) is 0.181. The molecule has 0 aliphatic heterocycles. The molecule has 0 bridgehead atoms. The van der Waals surface area contributed by atoms with E-state index in [0.29, 0.717) is 24.9 Å². The minimum Gasteiger partial charge on any atom is -0.459 e. The lowest BCUT2D eigenvalue weighted by atomic mass is 10.1. The van der Waals surface area contributed by atoms with Gasteiger partial charge in [0.25, 0.3) is 5.91 Å². The van der Waals surface area contributed by atoms with E-state index < -0.39 is 0 Å². The molecule has 1 amide bonds. The molecule has 166 valence electrons. The van der Waals surface area contributed by atoms with Gasteiger partial charge < -0.3 is 20.4 Å². The number of furan rings is 1. The van der Waals surface area contributed by atoms with Crippen molar-refractivity contribution in [3.05, 3.63) is 60.1 Å². The molecular formula is C22H34IN5O2. The van der Waals surface area contributed by atoms with Gasteiger partial charge in [-0.3, -0.25) is 14.7 Å². The van der Waals surface area contributed by atoms with Crippen LogP contribution in [0.1, 0.15) is 36.4 Å². The fourth-order valence-corrected chi connectivity index (χ4v) is 2.80. The Morgan fingerprint density at radius 1 is 1.10 bits per heavy atom. The number of hydrogen-bond donors (Lipinski definition) is 3. The average molecular weight is 527 g/mol. The maximum atomic E-state index is 11.8. The molecule has 0 fully saturated rings. The zero-order valence-electron chi connectivity index (χ0n) is 18.1. The number of rotatable bonds is 11. The first-order valence-corrected chi connectivity index (χ1v) is 10.2. The summed E-state index contributed by atoms with van der Waals surface area (Å²) in [4.78, 5) is 18.8. The van der Waals surface area contributed by atoms with Gasteiger partial charge in [0.15, 0.2) is 11.7 Å². The number of nitrogens with zero attached hydrogens (tertiary/aromatic N) is 2. The number of aliphatic imine (C=N–C) groups is 1. The molecular weight excluding hydrogens is 493 g/mol. The highest BCUT2D eigenvalue weighted by molar-refractivity contribution is 14.0. The zero-order valence-corrected chi connectivity index (χ0v) is 20.4. The first-order valence-electron chi connectivity index (χ1n) is 10.2. The Bertz CT molecular complexity index is 737. The molecule has 1 heterocycles. The van der Waals surface area contributed by atoms with E-state index in [9.17, 15) is 4.79 Å². The monoisotopic (exact) mass is 527 g/mol. The molecule has 0 spiro atoms. The summed E-state index contributed by atoms with van der Waals surface area (Å²) in [5.74, 6) is 0.867. The molecule has 2 aromatic rings. The molecule has 3 N–H and O–H groups in total. The molecule has 0 radical (unpaired) electrons. The molecule has 0 saturated carbocycles. The minimum atomic E-state index is -0.214. The van der Waals surface area contributed by atoms with Gasteiger partial charge in [-0.1, -0.05) is 30.3 Å². The van der Waals surface area contributed by atoms with Crippen molar-refractivity contribution in [3.63, 3.8) is 0 Å². The highest BCUT2D eigenvalue weighted by atomic mass is 127. The van der Waals surface area contributed by atoms with E-state index >= 15 is 0 Å². The summed E-state index contributed by atoms with van der Waals surface area (Å²) in [6.45, 7) is 7.78. The first kappa shape index (κ1) is 26.0. The second kappa shape index (κ2) is 14.8. The van der Waals surface area contributed by atoms with Gasteiger partial charge in [-0.05, 0) is 45.0 Å². The molecule has 8 heteroatoms. The molecule has 1 aromatic carbocycles. The summed E-state index contributed by atoms with van der Waals surface area (Å²) in [7, 11) is 2.15. The van der Waals surface area contributed by atoms with E-state index in [1.54, 1.807) is 12.1 Å². The van der Waals surface area contributed by atoms with E-state index in [1.165, 1.54) is 11.8 Å². The second-order valence-corrected chi connectivity index (χ2v) is 6.96. The van der Waals surface area contributed by atoms with E-state index in [-0.39, 0.29) is 29.9 Å². The Labute approximate surface area is 196 Å². The fourth-order valence-electron chi connectivity index (χ4n) is 2.80. The molecule has 2 rings (SSSR count). The Kier molecular flexibility index (Phi) is 12.8. The maximum Gasteiger partial charge on any atom is 0.287 e. The van der Waals surface area contributed by atoms with Gasteiger partial charge in [0.05, 0.1) is 6.26 Å². The van der Waals surface area contributed by atoms with Crippen molar-refractivity contribution >= 4 is 35.8 Å². The van der Waals surface area contributed by atoms with Gasteiger partial charge in [-0.2, -0.15) is 0 Å². The Balaban J connectivity index is 0.00000450. The molecule has 1 aromatic heterocycles. The van der Waals surface area contributed by atoms with Crippen molar-refractivity contribution in [3.8, 4) is 0 Å². The summed E-state index contributed by atoms with van der Waals surface area (Å²) >= 11 is 0. The minimum absolute atomic E-state index is 0. The van der Waals surface area contributed by atoms with Gasteiger partial charge in [0.1, 0.15) is 0 Å². The molecule has 0 saturated heterocycles. The van der Waals surface area contributed by atoms with E-state index in [4.69, 9.17) is 4.42 Å². The highest BCUT2D eigenvalue weighted by Gasteiger charge is 2.10. The number of nitrogens with one attached hydrogen (secondary N) is 3. The average Bonchev–Trinajstić information content (AvgIpc) is 3.26. The first-order chi connectivity index (χ1) is 14.1. The Hall–Kier alpha value is -2.07. The van der Waals surface area contributed by atoms with Crippen molar-refractivity contribution in [2.24, 2.45) is 4.99 Å². The second-order valence-electron chi connectivity index (χ2n) is 6.96. The number of benzene rings is 1. The van der Waals surface area contributed by atoms with Crippen LogP contribution in [0.3, 0.4) is 0 Å². The van der Waals surface area contributed by atoms with Crippen molar-refractivity contribution in [1.82, 2.24) is 20.9 Å². The molecule has 30 heavy (non-hydrogen) atoms. The van der Waals surface area contributed by atoms with Crippen LogP contribution in [0, 0.1) is 0 Å². The van der Waals surface area contributed by atoms with Gasteiger partial charge in [-0.25, -0.2) is 0 Å². The van der Waals surface area contributed by atoms with Crippen molar-refractivity contribution in [1.29, 1.82) is 0 Å². The third-order valence-corrected chi connectivity index (χ3v) is 4.64. The predicted octanol–water partition coefficient (Wildman–Crippen LogP) is 3.09. The van der Waals surface area contributed by atoms with Crippen LogP contribution in [-0.2, 0) is 6.54 Å². The fraction of sp³-hybridized carbons (Fsp3) is 0.455. The van der Waals surface area contributed by atoms with Crippen molar-refractivity contribution < 1.29 is 9.21 Å². The number of hydrogen-bond acceptors (Lipinski definition) is 4. The summed E-state index contributed by atoms with van der Waals surface area (Å²) < 4.78 is 5.07. The van der Waals surface area contributed by atoms with Crippen molar-refractivity contribution in [2.75, 3.05) is 33.2 Å². The van der Waals surface area contributed by atoms with E-state index in [0.717, 1.165) is 32.0 Å². The number of guanidine groups is 1. The summed E-state index contributed by atoms with van der Waals surface area (Å²) in [6.07, 6.45) is 2.45.